The Bertz CT molecular complexity index is 969. The Balaban J connectivity index is 1.55. The van der Waals surface area contributed by atoms with Crippen molar-refractivity contribution in [2.45, 2.75) is 13.0 Å². The van der Waals surface area contributed by atoms with E-state index in [1.165, 1.54) is 5.39 Å². The molecule has 2 aromatic carbocycles. The summed E-state index contributed by atoms with van der Waals surface area (Å²) in [5, 5.41) is 14.0. The largest absolute Gasteiger partial charge is 0.481 e. The molecule has 0 fully saturated rings. The van der Waals surface area contributed by atoms with E-state index in [1.807, 2.05) is 43.3 Å². The third-order valence-corrected chi connectivity index (χ3v) is 3.62. The minimum absolute atomic E-state index is 0.371. The Hall–Kier alpha value is -3.28. The van der Waals surface area contributed by atoms with Crippen molar-refractivity contribution in [1.82, 2.24) is 20.3 Å². The molecule has 0 radical (unpaired) electrons. The van der Waals surface area contributed by atoms with Crippen LogP contribution in [0, 0.1) is 0 Å². The maximum Gasteiger partial charge on any atom is 0.267 e. The van der Waals surface area contributed by atoms with E-state index in [-0.39, 0.29) is 6.10 Å². The van der Waals surface area contributed by atoms with Gasteiger partial charge in [-0.3, -0.25) is 0 Å². The van der Waals surface area contributed by atoms with Gasteiger partial charge in [-0.15, -0.1) is 5.10 Å². The van der Waals surface area contributed by atoms with Gasteiger partial charge in [0.1, 0.15) is 11.4 Å². The van der Waals surface area contributed by atoms with Crippen molar-refractivity contribution < 1.29 is 9.26 Å². The Morgan fingerprint density at radius 1 is 1.00 bits per heavy atom. The number of benzene rings is 2. The normalized spacial score (nSPS) is 12.2. The van der Waals surface area contributed by atoms with Crippen molar-refractivity contribution in [2.24, 2.45) is 0 Å². The van der Waals surface area contributed by atoms with Crippen LogP contribution in [0.1, 0.15) is 18.9 Å². The highest BCUT2D eigenvalue weighted by Crippen LogP contribution is 2.25. The first-order valence-electron chi connectivity index (χ1n) is 7.57. The van der Waals surface area contributed by atoms with Crippen LogP contribution in [0.3, 0.4) is 0 Å². The number of hydrogen-bond donors (Lipinski definition) is 0. The number of aromatic nitrogens is 4. The number of fused-ring (bicyclic) bond motifs is 1. The topological polar surface area (TPSA) is 73.9 Å². The lowest BCUT2D eigenvalue weighted by Gasteiger charge is -2.11. The van der Waals surface area contributed by atoms with Crippen LogP contribution in [0.2, 0.25) is 0 Å². The second-order valence-corrected chi connectivity index (χ2v) is 5.33. The summed E-state index contributed by atoms with van der Waals surface area (Å²) in [6, 6.07) is 17.6. The molecule has 0 N–H and O–H groups in total. The average molecular weight is 318 g/mol. The van der Waals surface area contributed by atoms with Crippen LogP contribution in [-0.2, 0) is 0 Å². The standard InChI is InChI=1S/C18H14N4O2/c1-12(18-20-17(22-24-18)16-7-4-10-19-21-16)23-15-9-8-13-5-2-3-6-14(13)11-15/h2-12H,1H3/t12-/m1/s1. The van der Waals surface area contributed by atoms with Gasteiger partial charge in [-0.2, -0.15) is 10.1 Å². The molecule has 0 unspecified atom stereocenters. The van der Waals surface area contributed by atoms with E-state index < -0.39 is 0 Å². The number of nitrogens with zero attached hydrogens (tertiary/aromatic N) is 4. The summed E-state index contributed by atoms with van der Waals surface area (Å²) in [5.74, 6) is 1.54. The fraction of sp³-hybridized carbons (Fsp3) is 0.111. The molecular weight excluding hydrogens is 304 g/mol. The first kappa shape index (κ1) is 14.3. The highest BCUT2D eigenvalue weighted by atomic mass is 16.5. The Kier molecular flexibility index (Phi) is 3.63. The fourth-order valence-corrected chi connectivity index (χ4v) is 2.42. The van der Waals surface area contributed by atoms with Gasteiger partial charge in [0.2, 0.25) is 5.82 Å². The molecule has 0 bridgehead atoms. The van der Waals surface area contributed by atoms with Gasteiger partial charge in [0.05, 0.1) is 0 Å². The van der Waals surface area contributed by atoms with Crippen LogP contribution in [0.5, 0.6) is 5.75 Å². The van der Waals surface area contributed by atoms with Crippen molar-refractivity contribution in [3.05, 3.63) is 66.7 Å². The van der Waals surface area contributed by atoms with Crippen molar-refractivity contribution >= 4 is 10.8 Å². The lowest BCUT2D eigenvalue weighted by molar-refractivity contribution is 0.176. The van der Waals surface area contributed by atoms with E-state index in [0.29, 0.717) is 17.4 Å². The third-order valence-electron chi connectivity index (χ3n) is 3.62. The minimum atomic E-state index is -0.371. The van der Waals surface area contributed by atoms with E-state index in [1.54, 1.807) is 18.3 Å². The molecule has 0 amide bonds. The molecule has 0 aliphatic heterocycles. The van der Waals surface area contributed by atoms with Crippen molar-refractivity contribution in [3.63, 3.8) is 0 Å². The molecule has 0 aliphatic carbocycles. The maximum atomic E-state index is 5.93. The van der Waals surface area contributed by atoms with Crippen LogP contribution in [-0.4, -0.2) is 20.3 Å². The van der Waals surface area contributed by atoms with E-state index in [4.69, 9.17) is 9.26 Å². The summed E-state index contributed by atoms with van der Waals surface area (Å²) in [7, 11) is 0. The molecule has 1 atom stereocenters. The molecule has 0 spiro atoms. The van der Waals surface area contributed by atoms with E-state index in [9.17, 15) is 0 Å². The molecule has 6 heteroatoms. The van der Waals surface area contributed by atoms with Gasteiger partial charge in [0, 0.05) is 6.20 Å². The van der Waals surface area contributed by atoms with Gasteiger partial charge in [-0.25, -0.2) is 0 Å². The molecule has 2 aromatic heterocycles. The Morgan fingerprint density at radius 3 is 2.71 bits per heavy atom. The van der Waals surface area contributed by atoms with Crippen LogP contribution < -0.4 is 4.74 Å². The quantitative estimate of drug-likeness (QED) is 0.569. The fourth-order valence-electron chi connectivity index (χ4n) is 2.42. The summed E-state index contributed by atoms with van der Waals surface area (Å²) >= 11 is 0. The first-order valence-corrected chi connectivity index (χ1v) is 7.57. The third kappa shape index (κ3) is 2.81. The lowest BCUT2D eigenvalue weighted by Crippen LogP contribution is -2.03. The second kappa shape index (κ2) is 6.08. The molecule has 2 heterocycles. The monoisotopic (exact) mass is 318 g/mol. The second-order valence-electron chi connectivity index (χ2n) is 5.33. The Morgan fingerprint density at radius 2 is 1.88 bits per heavy atom. The van der Waals surface area contributed by atoms with Gasteiger partial charge in [0.15, 0.2) is 6.10 Å². The summed E-state index contributed by atoms with van der Waals surface area (Å²) in [6.07, 6.45) is 1.22. The Labute approximate surface area is 138 Å². The smallest absolute Gasteiger partial charge is 0.267 e. The number of rotatable bonds is 4. The molecule has 0 aliphatic rings. The van der Waals surface area contributed by atoms with Crippen LogP contribution in [0.25, 0.3) is 22.3 Å². The minimum Gasteiger partial charge on any atom is -0.481 e. The van der Waals surface area contributed by atoms with Gasteiger partial charge < -0.3 is 9.26 Å². The molecule has 4 aromatic rings. The number of ether oxygens (including phenoxy) is 1. The SMILES string of the molecule is C[C@@H](Oc1ccc2ccccc2c1)c1nc(-c2cccnn2)no1. The average Bonchev–Trinajstić information content (AvgIpc) is 3.13. The summed E-state index contributed by atoms with van der Waals surface area (Å²) in [5.41, 5.74) is 0.561. The summed E-state index contributed by atoms with van der Waals surface area (Å²) < 4.78 is 11.2. The zero-order valence-electron chi connectivity index (χ0n) is 13.0. The highest BCUT2D eigenvalue weighted by Gasteiger charge is 2.17. The van der Waals surface area contributed by atoms with Crippen LogP contribution in [0.4, 0.5) is 0 Å². The summed E-state index contributed by atoms with van der Waals surface area (Å²) in [4.78, 5) is 4.33. The van der Waals surface area contributed by atoms with Gasteiger partial charge in [0.25, 0.3) is 5.89 Å². The summed E-state index contributed by atoms with van der Waals surface area (Å²) in [6.45, 7) is 1.86. The molecule has 0 saturated carbocycles. The molecule has 118 valence electrons. The zero-order chi connectivity index (χ0) is 16.4. The van der Waals surface area contributed by atoms with Crippen LogP contribution in [0.15, 0.2) is 65.3 Å². The first-order chi connectivity index (χ1) is 11.8. The number of hydrogen-bond acceptors (Lipinski definition) is 6. The van der Waals surface area contributed by atoms with Gasteiger partial charge in [-0.1, -0.05) is 35.5 Å². The molecule has 4 rings (SSSR count). The predicted octanol–water partition coefficient (Wildman–Crippen LogP) is 3.82. The van der Waals surface area contributed by atoms with Crippen LogP contribution >= 0.6 is 0 Å². The molecule has 24 heavy (non-hydrogen) atoms. The van der Waals surface area contributed by atoms with Gasteiger partial charge >= 0.3 is 0 Å². The molecular formula is C18H14N4O2. The lowest BCUT2D eigenvalue weighted by atomic mass is 10.1. The van der Waals surface area contributed by atoms with E-state index in [0.717, 1.165) is 11.1 Å². The highest BCUT2D eigenvalue weighted by molar-refractivity contribution is 5.83. The van der Waals surface area contributed by atoms with Crippen molar-refractivity contribution in [2.75, 3.05) is 0 Å². The predicted molar refractivity (Wildman–Crippen MR) is 88.3 cm³/mol. The zero-order valence-corrected chi connectivity index (χ0v) is 13.0. The molecule has 0 saturated heterocycles. The van der Waals surface area contributed by atoms with Crippen molar-refractivity contribution in [3.8, 4) is 17.3 Å². The van der Waals surface area contributed by atoms with Gasteiger partial charge in [-0.05, 0) is 42.0 Å². The molecule has 6 nitrogen and oxygen atoms in total. The maximum absolute atomic E-state index is 5.93. The van der Waals surface area contributed by atoms with E-state index >= 15 is 0 Å². The van der Waals surface area contributed by atoms with Crippen molar-refractivity contribution in [1.29, 1.82) is 0 Å². The van der Waals surface area contributed by atoms with E-state index in [2.05, 4.69) is 26.4 Å².